The smallest absolute Gasteiger partial charge is 0.573 e. The van der Waals surface area contributed by atoms with Gasteiger partial charge in [0.15, 0.2) is 6.61 Å². The Morgan fingerprint density at radius 1 is 0.900 bits per heavy atom. The molecule has 0 aliphatic carbocycles. The number of benzene rings is 3. The van der Waals surface area contributed by atoms with E-state index in [4.69, 9.17) is 9.47 Å². The fraction of sp³-hybridized carbons (Fsp3) is 0.0909. The first-order chi connectivity index (χ1) is 18.5. The highest BCUT2D eigenvalue weighted by Gasteiger charge is 2.34. The molecule has 0 aliphatic heterocycles. The molecule has 0 spiro atoms. The van der Waals surface area contributed by atoms with Crippen molar-refractivity contribution >= 4 is 77.2 Å². The van der Waals surface area contributed by atoms with E-state index in [1.165, 1.54) is 12.1 Å². The van der Waals surface area contributed by atoms with Crippen LogP contribution < -0.4 is 18.9 Å². The number of carbonyl (C=O) groups is 2. The summed E-state index contributed by atoms with van der Waals surface area (Å²) in [6, 6.07) is 10.8. The van der Waals surface area contributed by atoms with Crippen molar-refractivity contribution in [2.45, 2.75) is 16.2 Å². The van der Waals surface area contributed by atoms with Gasteiger partial charge in [0.05, 0.1) is 4.90 Å². The average molecular weight is 826 g/mol. The second-order valence-electron chi connectivity index (χ2n) is 7.39. The molecule has 214 valence electrons. The van der Waals surface area contributed by atoms with Crippen LogP contribution in [-0.4, -0.2) is 46.2 Å². The van der Waals surface area contributed by atoms with Crippen molar-refractivity contribution in [2.24, 2.45) is 0 Å². The lowest BCUT2D eigenvalue weighted by Crippen LogP contribution is -2.31. The summed E-state index contributed by atoms with van der Waals surface area (Å²) in [6.45, 7) is -0.616. The first-order valence-corrected chi connectivity index (χ1v) is 15.3. The maximum Gasteiger partial charge on any atom is 0.573 e. The lowest BCUT2D eigenvalue weighted by molar-refractivity contribution is -0.275. The van der Waals surface area contributed by atoms with Gasteiger partial charge in [-0.3, -0.25) is 4.79 Å². The average Bonchev–Trinajstić information content (AvgIpc) is 2.81. The summed E-state index contributed by atoms with van der Waals surface area (Å²) in [5.41, 5.74) is -0.230. The van der Waals surface area contributed by atoms with Gasteiger partial charge in [-0.2, -0.15) is 0 Å². The number of alkyl halides is 3. The van der Waals surface area contributed by atoms with Crippen molar-refractivity contribution < 1.29 is 58.4 Å². The Morgan fingerprint density at radius 2 is 1.48 bits per heavy atom. The molecular formula is C22H13F3I2NO10S2-. The van der Waals surface area contributed by atoms with E-state index in [1.807, 2.05) is 0 Å². The molecule has 0 saturated carbocycles. The molecule has 0 heterocycles. The molecule has 3 aromatic carbocycles. The number of sulfonamides is 1. The zero-order chi connectivity index (χ0) is 29.9. The van der Waals surface area contributed by atoms with Crippen LogP contribution in [0.4, 0.5) is 13.2 Å². The van der Waals surface area contributed by atoms with Crippen LogP contribution in [0.2, 0.25) is 0 Å². The maximum absolute atomic E-state index is 12.6. The topological polar surface area (TPSA) is 165 Å². The largest absolute Gasteiger partial charge is 0.744 e. The van der Waals surface area contributed by atoms with Gasteiger partial charge >= 0.3 is 12.3 Å². The van der Waals surface area contributed by atoms with Crippen molar-refractivity contribution in [2.75, 3.05) is 6.61 Å². The third-order valence-electron chi connectivity index (χ3n) is 4.52. The van der Waals surface area contributed by atoms with Crippen molar-refractivity contribution in [1.29, 1.82) is 0 Å². The first-order valence-electron chi connectivity index (χ1n) is 10.3. The minimum atomic E-state index is -5.17. The molecule has 0 aromatic heterocycles. The van der Waals surface area contributed by atoms with Crippen LogP contribution in [-0.2, 0) is 24.9 Å². The number of hydrogen-bond donors (Lipinski definition) is 1. The van der Waals surface area contributed by atoms with Crippen LogP contribution >= 0.6 is 45.2 Å². The fourth-order valence-electron chi connectivity index (χ4n) is 2.95. The molecule has 11 nitrogen and oxygen atoms in total. The van der Waals surface area contributed by atoms with E-state index in [2.05, 4.69) is 4.74 Å². The molecule has 0 saturated heterocycles. The normalized spacial score (nSPS) is 11.9. The quantitative estimate of drug-likeness (QED) is 0.145. The number of rotatable bonds is 9. The van der Waals surface area contributed by atoms with Crippen LogP contribution in [0, 0.1) is 7.14 Å². The number of halogens is 5. The van der Waals surface area contributed by atoms with Gasteiger partial charge in [-0.15, -0.1) is 13.2 Å². The molecule has 3 aromatic rings. The molecule has 1 N–H and O–H groups in total. The summed E-state index contributed by atoms with van der Waals surface area (Å²) in [4.78, 5) is 23.2. The molecule has 0 aliphatic rings. The molecular weight excluding hydrogens is 813 g/mol. The van der Waals surface area contributed by atoms with E-state index in [9.17, 15) is 44.1 Å². The third-order valence-corrected chi connectivity index (χ3v) is 9.26. The summed E-state index contributed by atoms with van der Waals surface area (Å²) in [6.07, 6.45) is -5.17. The molecule has 18 heteroatoms. The van der Waals surface area contributed by atoms with Gasteiger partial charge in [0.2, 0.25) is 0 Å². The fourth-order valence-corrected chi connectivity index (χ4v) is 7.98. The number of amides is 1. The lowest BCUT2D eigenvalue weighted by atomic mass is 10.2. The Bertz CT molecular complexity index is 1640. The van der Waals surface area contributed by atoms with E-state index in [1.54, 1.807) is 49.9 Å². The zero-order valence-corrected chi connectivity index (χ0v) is 25.2. The molecule has 0 unspecified atom stereocenters. The van der Waals surface area contributed by atoms with E-state index in [-0.39, 0.29) is 24.2 Å². The van der Waals surface area contributed by atoms with Crippen LogP contribution in [0.3, 0.4) is 0 Å². The number of carbonyl (C=O) groups excluding carboxylic acids is 2. The Kier molecular flexibility index (Phi) is 9.91. The Morgan fingerprint density at radius 3 is 2.02 bits per heavy atom. The molecule has 0 bridgehead atoms. The van der Waals surface area contributed by atoms with Crippen molar-refractivity contribution in [3.8, 4) is 17.2 Å². The highest BCUT2D eigenvalue weighted by molar-refractivity contribution is 14.1. The highest BCUT2D eigenvalue weighted by Crippen LogP contribution is 2.30. The number of nitrogens with one attached hydrogen (secondary N) is 1. The van der Waals surface area contributed by atoms with Gasteiger partial charge < -0.3 is 18.8 Å². The van der Waals surface area contributed by atoms with Crippen LogP contribution in [0.1, 0.15) is 10.4 Å². The maximum atomic E-state index is 12.6. The van der Waals surface area contributed by atoms with Gasteiger partial charge in [0, 0.05) is 12.7 Å². The van der Waals surface area contributed by atoms with Gasteiger partial charge in [-0.1, -0.05) is 12.1 Å². The summed E-state index contributed by atoms with van der Waals surface area (Å²) < 4.78 is 113. The minimum absolute atomic E-state index is 0.0612. The Balaban J connectivity index is 1.63. The molecule has 0 fully saturated rings. The second-order valence-corrected chi connectivity index (χ2v) is 12.7. The number of esters is 1. The van der Waals surface area contributed by atoms with Gasteiger partial charge in [-0.25, -0.2) is 26.4 Å². The molecule has 3 rings (SSSR count). The molecule has 40 heavy (non-hydrogen) atoms. The lowest BCUT2D eigenvalue weighted by Gasteiger charge is -2.14. The predicted molar refractivity (Wildman–Crippen MR) is 145 cm³/mol. The minimum Gasteiger partial charge on any atom is -0.744 e. The van der Waals surface area contributed by atoms with Crippen LogP contribution in [0.25, 0.3) is 0 Å². The van der Waals surface area contributed by atoms with Gasteiger partial charge in [-0.05, 0) is 93.7 Å². The van der Waals surface area contributed by atoms with E-state index < -0.39 is 60.5 Å². The number of ether oxygens (including phenoxy) is 3. The van der Waals surface area contributed by atoms with E-state index in [0.717, 1.165) is 48.5 Å². The van der Waals surface area contributed by atoms with Gasteiger partial charge in [0.25, 0.3) is 15.9 Å². The highest BCUT2D eigenvalue weighted by atomic mass is 127. The van der Waals surface area contributed by atoms with Crippen molar-refractivity contribution in [3.05, 3.63) is 73.4 Å². The van der Waals surface area contributed by atoms with Crippen LogP contribution in [0.15, 0.2) is 70.5 Å². The van der Waals surface area contributed by atoms with Crippen LogP contribution in [0.5, 0.6) is 17.2 Å². The van der Waals surface area contributed by atoms with Crippen molar-refractivity contribution in [1.82, 2.24) is 4.72 Å². The third kappa shape index (κ3) is 8.65. The Hall–Kier alpha value is -2.69. The SMILES string of the molecule is O=C(COc1cc(I)c(S(=O)(=O)[O-])c(I)c1)Oc1ccc(C(=O)NS(=O)(=O)c2ccccc2OC(F)(F)F)cc1. The number of para-hydroxylation sites is 1. The predicted octanol–water partition coefficient (Wildman–Crippen LogP) is 3.80. The zero-order valence-electron chi connectivity index (χ0n) is 19.3. The summed E-state index contributed by atoms with van der Waals surface area (Å²) in [5.74, 6) is -3.08. The summed E-state index contributed by atoms with van der Waals surface area (Å²) in [7, 11) is -9.49. The van der Waals surface area contributed by atoms with E-state index >= 15 is 0 Å². The standard InChI is InChI=1S/C22H14F3I2NO10S2/c23-22(24,25)38-17-3-1-2-4-18(17)39(31,32)28-21(30)12-5-7-13(8-6-12)37-19(29)11-36-14-9-15(26)20(16(27)10-14)40(33,34)35/h1-10H,11H2,(H,28,30)(H,33,34,35)/p-1. The number of hydrogen-bond acceptors (Lipinski definition) is 10. The van der Waals surface area contributed by atoms with Gasteiger partial charge in [0.1, 0.15) is 32.3 Å². The summed E-state index contributed by atoms with van der Waals surface area (Å²) in [5, 5.41) is 0. The van der Waals surface area contributed by atoms with E-state index in [0.29, 0.717) is 0 Å². The molecule has 0 atom stereocenters. The first kappa shape index (κ1) is 31.8. The Labute approximate surface area is 252 Å². The molecule has 0 radical (unpaired) electrons. The second kappa shape index (κ2) is 12.4. The summed E-state index contributed by atoms with van der Waals surface area (Å²) >= 11 is 3.27. The monoisotopic (exact) mass is 826 g/mol. The molecule has 1 amide bonds. The van der Waals surface area contributed by atoms with Crippen molar-refractivity contribution in [3.63, 3.8) is 0 Å².